The molecule has 0 unspecified atom stereocenters. The van der Waals surface area contributed by atoms with E-state index in [1.165, 1.54) is 0 Å². The SMILES string of the molecule is C=c1cc(-c2ccc(NC)cc2)c(=C)[nH]1. The van der Waals surface area contributed by atoms with Crippen LogP contribution in [0.25, 0.3) is 24.3 Å². The first-order valence-corrected chi connectivity index (χ1v) is 4.86. The van der Waals surface area contributed by atoms with Gasteiger partial charge >= 0.3 is 0 Å². The maximum Gasteiger partial charge on any atom is 0.0391 e. The number of benzene rings is 1. The molecule has 0 aliphatic heterocycles. The van der Waals surface area contributed by atoms with Crippen LogP contribution < -0.4 is 16.0 Å². The van der Waals surface area contributed by atoms with Crippen LogP contribution in [-0.2, 0) is 0 Å². The lowest BCUT2D eigenvalue weighted by molar-refractivity contribution is 1.29. The van der Waals surface area contributed by atoms with Gasteiger partial charge in [0, 0.05) is 29.0 Å². The number of H-pyrrole nitrogens is 1. The predicted octanol–water partition coefficient (Wildman–Crippen LogP) is 1.54. The Balaban J connectivity index is 2.50. The van der Waals surface area contributed by atoms with Crippen LogP contribution in [0.5, 0.6) is 0 Å². The van der Waals surface area contributed by atoms with Gasteiger partial charge in [-0.2, -0.15) is 0 Å². The van der Waals surface area contributed by atoms with E-state index in [9.17, 15) is 0 Å². The van der Waals surface area contributed by atoms with Gasteiger partial charge in [0.1, 0.15) is 0 Å². The molecule has 2 nitrogen and oxygen atoms in total. The molecule has 0 saturated carbocycles. The lowest BCUT2D eigenvalue weighted by atomic mass is 10.1. The average molecular weight is 198 g/mol. The summed E-state index contributed by atoms with van der Waals surface area (Å²) < 4.78 is 0. The normalized spacial score (nSPS) is 10.2. The largest absolute Gasteiger partial charge is 0.388 e. The lowest BCUT2D eigenvalue weighted by Gasteiger charge is -2.01. The summed E-state index contributed by atoms with van der Waals surface area (Å²) in [6, 6.07) is 10.2. The molecule has 2 heteroatoms. The van der Waals surface area contributed by atoms with Crippen LogP contribution in [0.4, 0.5) is 5.69 Å². The molecule has 76 valence electrons. The van der Waals surface area contributed by atoms with Crippen LogP contribution in [-0.4, -0.2) is 12.0 Å². The van der Waals surface area contributed by atoms with Gasteiger partial charge in [-0.1, -0.05) is 25.3 Å². The van der Waals surface area contributed by atoms with Crippen LogP contribution >= 0.6 is 0 Å². The van der Waals surface area contributed by atoms with Gasteiger partial charge in [0.15, 0.2) is 0 Å². The van der Waals surface area contributed by atoms with Crippen molar-refractivity contribution in [2.45, 2.75) is 0 Å². The summed E-state index contributed by atoms with van der Waals surface area (Å²) in [5.41, 5.74) is 3.38. The van der Waals surface area contributed by atoms with Crippen molar-refractivity contribution < 1.29 is 0 Å². The van der Waals surface area contributed by atoms with Crippen LogP contribution in [0.15, 0.2) is 30.3 Å². The Kier molecular flexibility index (Phi) is 2.34. The highest BCUT2D eigenvalue weighted by atomic mass is 14.8. The molecule has 0 saturated heterocycles. The summed E-state index contributed by atoms with van der Waals surface area (Å²) in [4.78, 5) is 3.10. The van der Waals surface area contributed by atoms with Crippen molar-refractivity contribution in [1.82, 2.24) is 4.98 Å². The maximum atomic E-state index is 3.95. The fourth-order valence-electron chi connectivity index (χ4n) is 1.63. The molecule has 1 heterocycles. The minimum absolute atomic E-state index is 0.896. The van der Waals surface area contributed by atoms with Gasteiger partial charge in [-0.15, -0.1) is 0 Å². The number of rotatable bonds is 2. The summed E-state index contributed by atoms with van der Waals surface area (Å²) in [5.74, 6) is 0. The number of nitrogens with one attached hydrogen (secondary N) is 2. The number of anilines is 1. The van der Waals surface area contributed by atoms with E-state index in [4.69, 9.17) is 0 Å². The molecule has 0 spiro atoms. The third-order valence-electron chi connectivity index (χ3n) is 2.44. The van der Waals surface area contributed by atoms with Gasteiger partial charge in [0.25, 0.3) is 0 Å². The molecule has 1 aromatic heterocycles. The van der Waals surface area contributed by atoms with Crippen LogP contribution in [0.3, 0.4) is 0 Å². The van der Waals surface area contributed by atoms with Gasteiger partial charge < -0.3 is 10.3 Å². The standard InChI is InChI=1S/C13H14N2/c1-9-8-13(10(2)15-9)11-4-6-12(14-3)7-5-11/h4-8,14-15H,1-2H2,3H3. The molecule has 1 aromatic carbocycles. The minimum Gasteiger partial charge on any atom is -0.388 e. The second-order valence-corrected chi connectivity index (χ2v) is 3.51. The Morgan fingerprint density at radius 1 is 1.13 bits per heavy atom. The molecule has 0 aliphatic carbocycles. The van der Waals surface area contributed by atoms with Gasteiger partial charge in [0.2, 0.25) is 0 Å². The average Bonchev–Trinajstić information content (AvgIpc) is 2.58. The third-order valence-corrected chi connectivity index (χ3v) is 2.44. The van der Waals surface area contributed by atoms with E-state index in [1.54, 1.807) is 0 Å². The Bertz CT molecular complexity index is 549. The monoisotopic (exact) mass is 198 g/mol. The van der Waals surface area contributed by atoms with Gasteiger partial charge in [0.05, 0.1) is 0 Å². The highest BCUT2D eigenvalue weighted by Gasteiger charge is 1.99. The number of hydrogen-bond acceptors (Lipinski definition) is 1. The summed E-state index contributed by atoms with van der Waals surface area (Å²) in [5, 5.41) is 4.90. The van der Waals surface area contributed by atoms with Crippen molar-refractivity contribution in [1.29, 1.82) is 0 Å². The van der Waals surface area contributed by atoms with E-state index in [0.717, 1.165) is 27.5 Å². The van der Waals surface area contributed by atoms with Crippen molar-refractivity contribution in [2.75, 3.05) is 12.4 Å². The summed E-state index contributed by atoms with van der Waals surface area (Å²) in [6.07, 6.45) is 0. The summed E-state index contributed by atoms with van der Waals surface area (Å²) in [7, 11) is 1.91. The highest BCUT2D eigenvalue weighted by molar-refractivity contribution is 5.66. The predicted molar refractivity (Wildman–Crippen MR) is 66.1 cm³/mol. The molecule has 2 rings (SSSR count). The van der Waals surface area contributed by atoms with Crippen molar-refractivity contribution in [3.63, 3.8) is 0 Å². The van der Waals surface area contributed by atoms with E-state index < -0.39 is 0 Å². The van der Waals surface area contributed by atoms with Crippen LogP contribution in [0.2, 0.25) is 0 Å². The summed E-state index contributed by atoms with van der Waals surface area (Å²) >= 11 is 0. The van der Waals surface area contributed by atoms with E-state index in [1.807, 2.05) is 25.2 Å². The lowest BCUT2D eigenvalue weighted by Crippen LogP contribution is -2.06. The number of aromatic nitrogens is 1. The fraction of sp³-hybridized carbons (Fsp3) is 0.0769. The molecule has 0 aliphatic rings. The number of aromatic amines is 1. The zero-order valence-electron chi connectivity index (χ0n) is 8.80. The molecule has 0 radical (unpaired) electrons. The second-order valence-electron chi connectivity index (χ2n) is 3.51. The molecule has 0 bridgehead atoms. The zero-order valence-corrected chi connectivity index (χ0v) is 8.80. The molecule has 15 heavy (non-hydrogen) atoms. The Morgan fingerprint density at radius 2 is 1.80 bits per heavy atom. The van der Waals surface area contributed by atoms with Crippen LogP contribution in [0, 0.1) is 0 Å². The number of hydrogen-bond donors (Lipinski definition) is 2. The first-order chi connectivity index (χ1) is 7.20. The van der Waals surface area contributed by atoms with Crippen molar-refractivity contribution >= 4 is 18.8 Å². The molecular formula is C13H14N2. The molecule has 0 amide bonds. The molecule has 0 atom stereocenters. The molecule has 0 fully saturated rings. The molecular weight excluding hydrogens is 184 g/mol. The molecule has 2 aromatic rings. The Morgan fingerprint density at radius 3 is 2.27 bits per heavy atom. The van der Waals surface area contributed by atoms with Gasteiger partial charge in [-0.3, -0.25) is 0 Å². The topological polar surface area (TPSA) is 27.8 Å². The van der Waals surface area contributed by atoms with Crippen molar-refractivity contribution in [2.24, 2.45) is 0 Å². The Hall–Kier alpha value is -1.96. The van der Waals surface area contributed by atoms with Gasteiger partial charge in [-0.05, 0) is 23.8 Å². The fourth-order valence-corrected chi connectivity index (χ4v) is 1.63. The first-order valence-electron chi connectivity index (χ1n) is 4.86. The second kappa shape index (κ2) is 3.65. The first kappa shape index (κ1) is 9.59. The highest BCUT2D eigenvalue weighted by Crippen LogP contribution is 2.16. The van der Waals surface area contributed by atoms with E-state index in [0.29, 0.717) is 0 Å². The zero-order chi connectivity index (χ0) is 10.8. The van der Waals surface area contributed by atoms with E-state index in [2.05, 4.69) is 35.6 Å². The van der Waals surface area contributed by atoms with Crippen molar-refractivity contribution in [3.05, 3.63) is 41.0 Å². The van der Waals surface area contributed by atoms with Gasteiger partial charge in [-0.25, -0.2) is 0 Å². The van der Waals surface area contributed by atoms with E-state index in [-0.39, 0.29) is 0 Å². The Labute approximate surface area is 89.0 Å². The quantitative estimate of drug-likeness (QED) is 0.752. The maximum absolute atomic E-state index is 3.95. The smallest absolute Gasteiger partial charge is 0.0391 e. The third kappa shape index (κ3) is 1.79. The van der Waals surface area contributed by atoms with Crippen LogP contribution in [0.1, 0.15) is 0 Å². The minimum atomic E-state index is 0.896. The van der Waals surface area contributed by atoms with Crippen molar-refractivity contribution in [3.8, 4) is 11.1 Å². The summed E-state index contributed by atoms with van der Waals surface area (Å²) in [6.45, 7) is 7.80. The molecule has 2 N–H and O–H groups in total. The van der Waals surface area contributed by atoms with E-state index >= 15 is 0 Å².